The van der Waals surface area contributed by atoms with Gasteiger partial charge in [0.1, 0.15) is 6.04 Å². The number of carbonyl (C=O) groups excluding carboxylic acids is 1. The minimum atomic E-state index is -0.896. The summed E-state index contributed by atoms with van der Waals surface area (Å²) in [5, 5.41) is 10.9. The van der Waals surface area contributed by atoms with Gasteiger partial charge in [-0.05, 0) is 11.8 Å². The Morgan fingerprint density at radius 3 is 2.64 bits per heavy atom. The second-order valence-corrected chi connectivity index (χ2v) is 2.31. The smallest absolute Gasteiger partial charge is 0.240 e. The molecule has 0 aliphatic heterocycles. The third-order valence-corrected chi connectivity index (χ3v) is 1.23. The maximum absolute atomic E-state index is 10.9. The van der Waals surface area contributed by atoms with Crippen molar-refractivity contribution >= 4 is 5.91 Å². The monoisotopic (exact) mass is 195 g/mol. The van der Waals surface area contributed by atoms with E-state index in [1.807, 2.05) is 0 Å². The van der Waals surface area contributed by atoms with E-state index in [9.17, 15) is 4.79 Å². The minimum Gasteiger partial charge on any atom is -0.394 e. The lowest BCUT2D eigenvalue weighted by atomic mass is 10.3. The summed E-state index contributed by atoms with van der Waals surface area (Å²) >= 11 is 0. The van der Waals surface area contributed by atoms with Crippen LogP contribution in [0.15, 0.2) is 0 Å². The molecule has 5 nitrogen and oxygen atoms in total. The molecular weight excluding hydrogens is 182 g/mol. The Morgan fingerprint density at radius 1 is 1.43 bits per heavy atom. The molecule has 6 N–H and O–H groups in total. The van der Waals surface area contributed by atoms with E-state index in [1.165, 1.54) is 0 Å². The molecule has 0 rings (SSSR count). The molecule has 0 radical (unpaired) electrons. The van der Waals surface area contributed by atoms with E-state index in [0.29, 0.717) is 0 Å². The molecule has 1 atom stereocenters. The molecule has 0 fully saturated rings. The first-order chi connectivity index (χ1) is 6.72. The lowest BCUT2D eigenvalue weighted by Crippen LogP contribution is -2.43. The molecule has 1 amide bonds. The molecule has 14 heavy (non-hydrogen) atoms. The maximum Gasteiger partial charge on any atom is 0.240 e. The fourth-order valence-corrected chi connectivity index (χ4v) is 0.529. The fraction of sp³-hybridized carbons (Fsp3) is 0.444. The standard InChI is InChI=1S/C9H13N3O2/c10-5-3-1-2-4-6-12-9(14)8(11)7-13/h8,13H,5-7,10-11H2,(H,12,14). The zero-order valence-electron chi connectivity index (χ0n) is 7.71. The SMILES string of the molecule is NCC#CC#CCNC(=O)C(N)CO. The van der Waals surface area contributed by atoms with E-state index in [-0.39, 0.29) is 19.7 Å². The number of nitrogens with one attached hydrogen (secondary N) is 1. The number of nitrogens with two attached hydrogens (primary N) is 2. The molecule has 5 heteroatoms. The number of rotatable bonds is 3. The van der Waals surface area contributed by atoms with E-state index in [0.717, 1.165) is 0 Å². The van der Waals surface area contributed by atoms with Gasteiger partial charge in [0.2, 0.25) is 5.91 Å². The topological polar surface area (TPSA) is 101 Å². The van der Waals surface area contributed by atoms with Gasteiger partial charge in [-0.25, -0.2) is 0 Å². The molecule has 0 aromatic carbocycles. The Balaban J connectivity index is 3.72. The number of carbonyl (C=O) groups is 1. The van der Waals surface area contributed by atoms with Crippen molar-refractivity contribution in [2.45, 2.75) is 6.04 Å². The normalized spacial score (nSPS) is 10.2. The summed E-state index contributed by atoms with van der Waals surface area (Å²) in [5.41, 5.74) is 10.3. The molecular formula is C9H13N3O2. The van der Waals surface area contributed by atoms with Crippen molar-refractivity contribution in [3.63, 3.8) is 0 Å². The van der Waals surface area contributed by atoms with Gasteiger partial charge < -0.3 is 21.9 Å². The first-order valence-corrected chi connectivity index (χ1v) is 4.02. The highest BCUT2D eigenvalue weighted by Crippen LogP contribution is 1.74. The third-order valence-electron chi connectivity index (χ3n) is 1.23. The van der Waals surface area contributed by atoms with Crippen LogP contribution in [0.2, 0.25) is 0 Å². The van der Waals surface area contributed by atoms with Gasteiger partial charge in [-0.15, -0.1) is 0 Å². The van der Waals surface area contributed by atoms with Gasteiger partial charge in [-0.2, -0.15) is 0 Å². The van der Waals surface area contributed by atoms with Gasteiger partial charge in [-0.1, -0.05) is 11.8 Å². The van der Waals surface area contributed by atoms with Crippen LogP contribution in [0.5, 0.6) is 0 Å². The Bertz CT molecular complexity index is 293. The summed E-state index contributed by atoms with van der Waals surface area (Å²) < 4.78 is 0. The molecule has 0 aliphatic carbocycles. The van der Waals surface area contributed by atoms with Crippen LogP contribution in [0.4, 0.5) is 0 Å². The van der Waals surface area contributed by atoms with Crippen LogP contribution in [0, 0.1) is 23.7 Å². The van der Waals surface area contributed by atoms with Crippen LogP contribution >= 0.6 is 0 Å². The van der Waals surface area contributed by atoms with Gasteiger partial charge in [0.05, 0.1) is 19.7 Å². The van der Waals surface area contributed by atoms with Crippen molar-refractivity contribution in [2.75, 3.05) is 19.7 Å². The summed E-state index contributed by atoms with van der Waals surface area (Å²) in [6.45, 7) is 0.0362. The molecule has 0 spiro atoms. The minimum absolute atomic E-state index is 0.159. The zero-order chi connectivity index (χ0) is 10.8. The van der Waals surface area contributed by atoms with E-state index in [2.05, 4.69) is 29.0 Å². The second-order valence-electron chi connectivity index (χ2n) is 2.31. The van der Waals surface area contributed by atoms with Gasteiger partial charge in [0, 0.05) is 0 Å². The van der Waals surface area contributed by atoms with Crippen LogP contribution < -0.4 is 16.8 Å². The molecule has 1 unspecified atom stereocenters. The maximum atomic E-state index is 10.9. The van der Waals surface area contributed by atoms with Crippen molar-refractivity contribution in [3.8, 4) is 23.7 Å². The summed E-state index contributed by atoms with van der Waals surface area (Å²) in [6.07, 6.45) is 0. The van der Waals surface area contributed by atoms with Gasteiger partial charge >= 0.3 is 0 Å². The molecule has 0 aromatic rings. The number of aliphatic hydroxyl groups is 1. The number of aliphatic hydroxyl groups excluding tert-OH is 1. The number of hydrogen-bond donors (Lipinski definition) is 4. The van der Waals surface area contributed by atoms with Gasteiger partial charge in [-0.3, -0.25) is 4.79 Å². The number of amides is 1. The van der Waals surface area contributed by atoms with Crippen LogP contribution in [0.25, 0.3) is 0 Å². The first kappa shape index (κ1) is 12.5. The van der Waals surface area contributed by atoms with E-state index in [1.54, 1.807) is 0 Å². The summed E-state index contributed by atoms with van der Waals surface area (Å²) in [7, 11) is 0. The predicted molar refractivity (Wildman–Crippen MR) is 52.7 cm³/mol. The quantitative estimate of drug-likeness (QED) is 0.370. The van der Waals surface area contributed by atoms with Gasteiger partial charge in [0.25, 0.3) is 0 Å². The van der Waals surface area contributed by atoms with E-state index >= 15 is 0 Å². The van der Waals surface area contributed by atoms with Crippen molar-refractivity contribution in [3.05, 3.63) is 0 Å². The Hall–Kier alpha value is -1.53. The second kappa shape index (κ2) is 8.09. The Kier molecular flexibility index (Phi) is 7.20. The summed E-state index contributed by atoms with van der Waals surface area (Å²) in [5.74, 6) is 9.67. The molecule has 0 aromatic heterocycles. The van der Waals surface area contributed by atoms with Crippen molar-refractivity contribution in [1.82, 2.24) is 5.32 Å². The molecule has 0 aliphatic rings. The summed E-state index contributed by atoms with van der Waals surface area (Å²) in [6, 6.07) is -0.896. The highest BCUT2D eigenvalue weighted by molar-refractivity contribution is 5.81. The lowest BCUT2D eigenvalue weighted by molar-refractivity contribution is -0.122. The third kappa shape index (κ3) is 6.04. The average molecular weight is 195 g/mol. The molecule has 0 saturated heterocycles. The largest absolute Gasteiger partial charge is 0.394 e. The van der Waals surface area contributed by atoms with Crippen molar-refractivity contribution in [2.24, 2.45) is 11.5 Å². The average Bonchev–Trinajstić information content (AvgIpc) is 2.21. The number of hydrogen-bond acceptors (Lipinski definition) is 4. The molecule has 0 bridgehead atoms. The Labute approximate surface area is 82.8 Å². The molecule has 76 valence electrons. The fourth-order valence-electron chi connectivity index (χ4n) is 0.529. The van der Waals surface area contributed by atoms with E-state index in [4.69, 9.17) is 16.6 Å². The van der Waals surface area contributed by atoms with Crippen LogP contribution in [0.3, 0.4) is 0 Å². The molecule has 0 heterocycles. The van der Waals surface area contributed by atoms with Crippen molar-refractivity contribution < 1.29 is 9.90 Å². The van der Waals surface area contributed by atoms with Crippen molar-refractivity contribution in [1.29, 1.82) is 0 Å². The Morgan fingerprint density at radius 2 is 2.07 bits per heavy atom. The predicted octanol–water partition coefficient (Wildman–Crippen LogP) is -2.61. The zero-order valence-corrected chi connectivity index (χ0v) is 7.71. The lowest BCUT2D eigenvalue weighted by Gasteiger charge is -2.05. The van der Waals surface area contributed by atoms with E-state index < -0.39 is 11.9 Å². The van der Waals surface area contributed by atoms with Gasteiger partial charge in [0.15, 0.2) is 0 Å². The highest BCUT2D eigenvalue weighted by atomic mass is 16.3. The van der Waals surface area contributed by atoms with Crippen LogP contribution in [-0.2, 0) is 4.79 Å². The van der Waals surface area contributed by atoms with Crippen LogP contribution in [-0.4, -0.2) is 36.8 Å². The highest BCUT2D eigenvalue weighted by Gasteiger charge is 2.09. The van der Waals surface area contributed by atoms with Crippen LogP contribution in [0.1, 0.15) is 0 Å². The summed E-state index contributed by atoms with van der Waals surface area (Å²) in [4.78, 5) is 10.9. The first-order valence-electron chi connectivity index (χ1n) is 4.02. The molecule has 0 saturated carbocycles.